The predicted octanol–water partition coefficient (Wildman–Crippen LogP) is 3.52. The molecule has 0 aromatic carbocycles. The van der Waals surface area contributed by atoms with Gasteiger partial charge in [0.05, 0.1) is 0 Å². The molecule has 2 unspecified atom stereocenters. The van der Waals surface area contributed by atoms with E-state index in [-0.39, 0.29) is 0 Å². The largest absolute Gasteiger partial charge is 0.308 e. The molecule has 0 radical (unpaired) electrons. The fourth-order valence-corrected chi connectivity index (χ4v) is 3.76. The van der Waals surface area contributed by atoms with E-state index in [1.54, 1.807) is 0 Å². The molecule has 19 heavy (non-hydrogen) atoms. The van der Waals surface area contributed by atoms with Crippen LogP contribution in [0.2, 0.25) is 0 Å². The summed E-state index contributed by atoms with van der Waals surface area (Å²) in [5.41, 5.74) is 0.970. The van der Waals surface area contributed by atoms with Crippen molar-refractivity contribution in [2.45, 2.75) is 72.4 Å². The van der Waals surface area contributed by atoms with Gasteiger partial charge in [-0.1, -0.05) is 41.5 Å². The highest BCUT2D eigenvalue weighted by atomic mass is 15.3. The summed E-state index contributed by atoms with van der Waals surface area (Å²) in [7, 11) is 0. The fourth-order valence-electron chi connectivity index (χ4n) is 3.76. The minimum atomic E-state index is 0.365. The second kappa shape index (κ2) is 5.37. The molecule has 0 amide bonds. The van der Waals surface area contributed by atoms with Gasteiger partial charge in [-0.05, 0) is 36.5 Å². The average molecular weight is 266 g/mol. The van der Waals surface area contributed by atoms with Crippen LogP contribution in [-0.2, 0) is 0 Å². The third-order valence-electron chi connectivity index (χ3n) is 5.96. The molecule has 2 nitrogen and oxygen atoms in total. The smallest absolute Gasteiger partial charge is 0.0304 e. The number of piperazine rings is 1. The average Bonchev–Trinajstić information content (AvgIpc) is 2.96. The summed E-state index contributed by atoms with van der Waals surface area (Å²) in [6.07, 6.45) is 3.92. The van der Waals surface area contributed by atoms with Gasteiger partial charge in [0.15, 0.2) is 0 Å². The highest BCUT2D eigenvalue weighted by Gasteiger charge is 2.48. The van der Waals surface area contributed by atoms with E-state index in [1.165, 1.54) is 38.9 Å². The molecule has 2 heteroatoms. The van der Waals surface area contributed by atoms with Crippen molar-refractivity contribution in [1.82, 2.24) is 10.2 Å². The zero-order valence-electron chi connectivity index (χ0n) is 13.9. The van der Waals surface area contributed by atoms with E-state index in [0.717, 1.165) is 17.9 Å². The molecular formula is C17H34N2. The minimum absolute atomic E-state index is 0.365. The number of rotatable bonds is 5. The molecule has 1 aliphatic carbocycles. The summed E-state index contributed by atoms with van der Waals surface area (Å²) in [5.74, 6) is 1.68. The van der Waals surface area contributed by atoms with Crippen molar-refractivity contribution >= 4 is 0 Å². The molecule has 0 bridgehead atoms. The standard InChI is InChI=1S/C17H34N2/c1-7-17(8-2)12-19(11-14-9-16(14,5)6)15(10-18-17)13(3)4/h13-15,18H,7-12H2,1-6H3. The summed E-state index contributed by atoms with van der Waals surface area (Å²) >= 11 is 0. The maximum absolute atomic E-state index is 3.87. The zero-order valence-corrected chi connectivity index (χ0v) is 13.9. The molecule has 2 rings (SSSR count). The van der Waals surface area contributed by atoms with Crippen LogP contribution in [0.3, 0.4) is 0 Å². The van der Waals surface area contributed by atoms with E-state index in [4.69, 9.17) is 0 Å². The quantitative estimate of drug-likeness (QED) is 0.819. The summed E-state index contributed by atoms with van der Waals surface area (Å²) in [6.45, 7) is 18.0. The molecule has 2 atom stereocenters. The maximum Gasteiger partial charge on any atom is 0.0304 e. The molecule has 1 N–H and O–H groups in total. The number of hydrogen-bond donors (Lipinski definition) is 1. The van der Waals surface area contributed by atoms with Crippen LogP contribution >= 0.6 is 0 Å². The van der Waals surface area contributed by atoms with E-state index >= 15 is 0 Å². The Hall–Kier alpha value is -0.0800. The highest BCUT2D eigenvalue weighted by molar-refractivity contribution is 5.02. The van der Waals surface area contributed by atoms with Crippen molar-refractivity contribution in [3.8, 4) is 0 Å². The molecule has 1 heterocycles. The molecule has 0 spiro atoms. The van der Waals surface area contributed by atoms with Crippen LogP contribution in [0.1, 0.15) is 60.8 Å². The molecule has 1 saturated carbocycles. The van der Waals surface area contributed by atoms with E-state index in [9.17, 15) is 0 Å². The fraction of sp³-hybridized carbons (Fsp3) is 1.00. The Balaban J connectivity index is 2.04. The van der Waals surface area contributed by atoms with E-state index in [0.29, 0.717) is 11.0 Å². The number of nitrogens with one attached hydrogen (secondary N) is 1. The Morgan fingerprint density at radius 3 is 2.21 bits per heavy atom. The number of hydrogen-bond acceptors (Lipinski definition) is 2. The molecule has 1 aliphatic heterocycles. The first-order valence-corrected chi connectivity index (χ1v) is 8.32. The lowest BCUT2D eigenvalue weighted by Gasteiger charge is -2.49. The van der Waals surface area contributed by atoms with Crippen LogP contribution in [0.5, 0.6) is 0 Å². The van der Waals surface area contributed by atoms with Crippen molar-refractivity contribution in [1.29, 1.82) is 0 Å². The third-order valence-corrected chi connectivity index (χ3v) is 5.96. The van der Waals surface area contributed by atoms with Gasteiger partial charge in [-0.25, -0.2) is 0 Å². The second-order valence-corrected chi connectivity index (χ2v) is 8.00. The number of nitrogens with zero attached hydrogens (tertiary/aromatic N) is 1. The highest BCUT2D eigenvalue weighted by Crippen LogP contribution is 2.52. The summed E-state index contributed by atoms with van der Waals surface area (Å²) < 4.78 is 0. The SMILES string of the molecule is CCC1(CC)CN(CC2CC2(C)C)C(C(C)C)CN1. The third kappa shape index (κ3) is 3.16. The second-order valence-electron chi connectivity index (χ2n) is 8.00. The minimum Gasteiger partial charge on any atom is -0.308 e. The van der Waals surface area contributed by atoms with Crippen LogP contribution < -0.4 is 5.32 Å². The molecule has 0 aromatic rings. The van der Waals surface area contributed by atoms with Gasteiger partial charge in [-0.15, -0.1) is 0 Å². The van der Waals surface area contributed by atoms with Crippen LogP contribution in [-0.4, -0.2) is 36.1 Å². The molecular weight excluding hydrogens is 232 g/mol. The van der Waals surface area contributed by atoms with Crippen LogP contribution in [0, 0.1) is 17.3 Å². The molecule has 2 aliphatic rings. The van der Waals surface area contributed by atoms with Gasteiger partial charge in [-0.3, -0.25) is 4.90 Å². The van der Waals surface area contributed by atoms with Gasteiger partial charge >= 0.3 is 0 Å². The zero-order chi connectivity index (χ0) is 14.3. The lowest BCUT2D eigenvalue weighted by atomic mass is 9.86. The monoisotopic (exact) mass is 266 g/mol. The molecule has 112 valence electrons. The normalized spacial score (nSPS) is 33.6. The Morgan fingerprint density at radius 1 is 1.21 bits per heavy atom. The predicted molar refractivity (Wildman–Crippen MR) is 83.4 cm³/mol. The molecule has 0 aromatic heterocycles. The summed E-state index contributed by atoms with van der Waals surface area (Å²) in [4.78, 5) is 2.81. The first-order valence-electron chi connectivity index (χ1n) is 8.32. The summed E-state index contributed by atoms with van der Waals surface area (Å²) in [6, 6.07) is 0.725. The Labute approximate surface area is 120 Å². The van der Waals surface area contributed by atoms with Gasteiger partial charge in [0.2, 0.25) is 0 Å². The van der Waals surface area contributed by atoms with Crippen molar-refractivity contribution in [2.24, 2.45) is 17.3 Å². The van der Waals surface area contributed by atoms with Crippen molar-refractivity contribution < 1.29 is 0 Å². The van der Waals surface area contributed by atoms with E-state index in [1.807, 2.05) is 0 Å². The van der Waals surface area contributed by atoms with E-state index < -0.39 is 0 Å². The Morgan fingerprint density at radius 2 is 1.79 bits per heavy atom. The van der Waals surface area contributed by atoms with Gasteiger partial charge in [0.25, 0.3) is 0 Å². The van der Waals surface area contributed by atoms with Crippen molar-refractivity contribution in [2.75, 3.05) is 19.6 Å². The van der Waals surface area contributed by atoms with Crippen LogP contribution in [0.15, 0.2) is 0 Å². The van der Waals surface area contributed by atoms with Crippen molar-refractivity contribution in [3.05, 3.63) is 0 Å². The topological polar surface area (TPSA) is 15.3 Å². The lowest BCUT2D eigenvalue weighted by Crippen LogP contribution is -2.65. The Bertz CT molecular complexity index is 304. The van der Waals surface area contributed by atoms with Gasteiger partial charge in [0.1, 0.15) is 0 Å². The molecule has 1 saturated heterocycles. The first-order chi connectivity index (χ1) is 8.83. The van der Waals surface area contributed by atoms with Crippen LogP contribution in [0.4, 0.5) is 0 Å². The van der Waals surface area contributed by atoms with Gasteiger partial charge in [0, 0.05) is 31.2 Å². The van der Waals surface area contributed by atoms with Crippen LogP contribution in [0.25, 0.3) is 0 Å². The maximum atomic E-state index is 3.87. The van der Waals surface area contributed by atoms with E-state index in [2.05, 4.69) is 51.8 Å². The van der Waals surface area contributed by atoms with Gasteiger partial charge in [-0.2, -0.15) is 0 Å². The first kappa shape index (κ1) is 15.3. The Kier molecular flexibility index (Phi) is 4.32. The van der Waals surface area contributed by atoms with Gasteiger partial charge < -0.3 is 5.32 Å². The summed E-state index contributed by atoms with van der Waals surface area (Å²) in [5, 5.41) is 3.87. The van der Waals surface area contributed by atoms with Crippen molar-refractivity contribution in [3.63, 3.8) is 0 Å². The lowest BCUT2D eigenvalue weighted by molar-refractivity contribution is 0.0443. The molecule has 2 fully saturated rings.